The van der Waals surface area contributed by atoms with Crippen LogP contribution in [0.4, 0.5) is 0 Å². The first-order valence-corrected chi connectivity index (χ1v) is 6.87. The normalized spacial score (nSPS) is 11.1. The van der Waals surface area contributed by atoms with E-state index in [9.17, 15) is 0 Å². The van der Waals surface area contributed by atoms with Gasteiger partial charge in [-0.3, -0.25) is 10.3 Å². The van der Waals surface area contributed by atoms with Crippen LogP contribution in [-0.4, -0.2) is 35.3 Å². The molecule has 0 aliphatic heterocycles. The number of thioether (sulfide) groups is 1. The number of aromatic amines is 1. The number of hydrogen-bond donors (Lipinski definition) is 3. The van der Waals surface area contributed by atoms with Gasteiger partial charge in [0.1, 0.15) is 0 Å². The number of aryl methyl sites for hydroxylation is 1. The molecular formula is C11H18N6S. The van der Waals surface area contributed by atoms with Crippen molar-refractivity contribution in [1.29, 1.82) is 5.26 Å². The standard InChI is InChI=1S/C11H18N6S/c1-9-10(17-8-16-9)6-18-5-3-4-14-11(13-2)15-7-12/h8H,3-6H2,1-2H3,(H,16,17)(H2,13,14,15). The largest absolute Gasteiger partial charge is 0.359 e. The first-order chi connectivity index (χ1) is 8.77. The molecular weight excluding hydrogens is 248 g/mol. The van der Waals surface area contributed by atoms with Crippen LogP contribution in [0.2, 0.25) is 0 Å². The molecule has 98 valence electrons. The molecule has 0 saturated heterocycles. The predicted octanol–water partition coefficient (Wildman–Crippen LogP) is 0.987. The molecule has 1 aromatic rings. The number of nitrogens with zero attached hydrogens (tertiary/aromatic N) is 3. The van der Waals surface area contributed by atoms with E-state index in [1.54, 1.807) is 13.4 Å². The number of H-pyrrole nitrogens is 1. The Labute approximate surface area is 111 Å². The number of hydrogen-bond acceptors (Lipinski definition) is 4. The fourth-order valence-corrected chi connectivity index (χ4v) is 2.28. The predicted molar refractivity (Wildman–Crippen MR) is 74.2 cm³/mol. The summed E-state index contributed by atoms with van der Waals surface area (Å²) in [5.74, 6) is 2.50. The molecule has 0 saturated carbocycles. The van der Waals surface area contributed by atoms with Crippen LogP contribution in [0.1, 0.15) is 17.8 Å². The van der Waals surface area contributed by atoms with E-state index >= 15 is 0 Å². The molecule has 0 spiro atoms. The first-order valence-electron chi connectivity index (χ1n) is 5.71. The van der Waals surface area contributed by atoms with Gasteiger partial charge in [0.15, 0.2) is 6.19 Å². The zero-order valence-corrected chi connectivity index (χ0v) is 11.5. The van der Waals surface area contributed by atoms with Gasteiger partial charge in [0.25, 0.3) is 0 Å². The Bertz CT molecular complexity index is 419. The molecule has 0 fully saturated rings. The van der Waals surface area contributed by atoms with Crippen LogP contribution >= 0.6 is 11.8 Å². The van der Waals surface area contributed by atoms with Crippen LogP contribution in [-0.2, 0) is 5.75 Å². The van der Waals surface area contributed by atoms with E-state index in [4.69, 9.17) is 5.26 Å². The lowest BCUT2D eigenvalue weighted by Gasteiger charge is -2.02. The fraction of sp³-hybridized carbons (Fsp3) is 0.545. The number of aliphatic imine (C=N–C) groups is 1. The molecule has 0 unspecified atom stereocenters. The second kappa shape index (κ2) is 8.42. The molecule has 0 aliphatic rings. The molecule has 3 N–H and O–H groups in total. The minimum absolute atomic E-state index is 0.520. The smallest absolute Gasteiger partial charge is 0.204 e. The maximum absolute atomic E-state index is 8.44. The highest BCUT2D eigenvalue weighted by Crippen LogP contribution is 2.13. The van der Waals surface area contributed by atoms with Gasteiger partial charge < -0.3 is 10.3 Å². The molecule has 0 aromatic carbocycles. The van der Waals surface area contributed by atoms with Crippen molar-refractivity contribution in [2.75, 3.05) is 19.3 Å². The molecule has 1 heterocycles. The molecule has 0 amide bonds. The molecule has 18 heavy (non-hydrogen) atoms. The third-order valence-electron chi connectivity index (χ3n) is 2.31. The van der Waals surface area contributed by atoms with Crippen molar-refractivity contribution in [3.8, 4) is 6.19 Å². The Morgan fingerprint density at radius 1 is 1.67 bits per heavy atom. The van der Waals surface area contributed by atoms with Crippen LogP contribution in [0.3, 0.4) is 0 Å². The number of imidazole rings is 1. The lowest BCUT2D eigenvalue weighted by Crippen LogP contribution is -2.31. The number of nitrogens with one attached hydrogen (secondary N) is 3. The van der Waals surface area contributed by atoms with Crippen LogP contribution in [0.5, 0.6) is 0 Å². The second-order valence-electron chi connectivity index (χ2n) is 3.59. The van der Waals surface area contributed by atoms with Crippen molar-refractivity contribution in [1.82, 2.24) is 20.6 Å². The highest BCUT2D eigenvalue weighted by atomic mass is 32.2. The van der Waals surface area contributed by atoms with Crippen LogP contribution in [0.15, 0.2) is 11.3 Å². The average Bonchev–Trinajstić information content (AvgIpc) is 2.78. The minimum atomic E-state index is 0.520. The van der Waals surface area contributed by atoms with Crippen molar-refractivity contribution in [3.63, 3.8) is 0 Å². The van der Waals surface area contributed by atoms with E-state index in [-0.39, 0.29) is 0 Å². The number of nitriles is 1. The Kier molecular flexibility index (Phi) is 6.72. The molecule has 0 atom stereocenters. The third-order valence-corrected chi connectivity index (χ3v) is 3.38. The quantitative estimate of drug-likeness (QED) is 0.235. The van der Waals surface area contributed by atoms with Gasteiger partial charge in [-0.25, -0.2) is 4.98 Å². The highest BCUT2D eigenvalue weighted by Gasteiger charge is 2.00. The zero-order chi connectivity index (χ0) is 13.2. The lowest BCUT2D eigenvalue weighted by molar-refractivity contribution is 0.911. The maximum atomic E-state index is 8.44. The molecule has 7 heteroatoms. The lowest BCUT2D eigenvalue weighted by atomic mass is 10.4. The fourth-order valence-electron chi connectivity index (χ4n) is 1.30. The monoisotopic (exact) mass is 266 g/mol. The van der Waals surface area contributed by atoms with E-state index in [1.807, 2.05) is 24.9 Å². The number of rotatable bonds is 6. The average molecular weight is 266 g/mol. The molecule has 6 nitrogen and oxygen atoms in total. The number of aromatic nitrogens is 2. The van der Waals surface area contributed by atoms with E-state index in [2.05, 4.69) is 25.6 Å². The Hall–Kier alpha value is -1.68. The van der Waals surface area contributed by atoms with Crippen LogP contribution in [0, 0.1) is 18.4 Å². The van der Waals surface area contributed by atoms with E-state index < -0.39 is 0 Å². The van der Waals surface area contributed by atoms with Gasteiger partial charge in [-0.05, 0) is 19.1 Å². The summed E-state index contributed by atoms with van der Waals surface area (Å²) >= 11 is 1.85. The third kappa shape index (κ3) is 5.10. The summed E-state index contributed by atoms with van der Waals surface area (Å²) < 4.78 is 0. The summed E-state index contributed by atoms with van der Waals surface area (Å²) in [7, 11) is 1.74. The summed E-state index contributed by atoms with van der Waals surface area (Å²) in [6.45, 7) is 2.71. The van der Waals surface area contributed by atoms with E-state index in [1.165, 1.54) is 5.69 Å². The summed E-state index contributed by atoms with van der Waals surface area (Å²) in [4.78, 5) is 11.5. The number of guanidine groups is 1. The van der Waals surface area contributed by atoms with E-state index in [0.29, 0.717) is 12.5 Å². The molecule has 0 radical (unpaired) electrons. The van der Waals surface area contributed by atoms with Crippen LogP contribution in [0.25, 0.3) is 0 Å². The maximum Gasteiger partial charge on any atom is 0.204 e. The van der Waals surface area contributed by atoms with Gasteiger partial charge in [-0.1, -0.05) is 0 Å². The van der Waals surface area contributed by atoms with Crippen LogP contribution < -0.4 is 10.6 Å². The van der Waals surface area contributed by atoms with Gasteiger partial charge in [0, 0.05) is 25.0 Å². The summed E-state index contributed by atoms with van der Waals surface area (Å²) in [6, 6.07) is 0. The van der Waals surface area contributed by atoms with Gasteiger partial charge in [0.05, 0.1) is 12.0 Å². The van der Waals surface area contributed by atoms with Gasteiger partial charge in [0.2, 0.25) is 5.96 Å². The van der Waals surface area contributed by atoms with Gasteiger partial charge in [-0.2, -0.15) is 17.0 Å². The Morgan fingerprint density at radius 3 is 3.11 bits per heavy atom. The van der Waals surface area contributed by atoms with Crippen molar-refractivity contribution in [2.24, 2.45) is 4.99 Å². The van der Waals surface area contributed by atoms with Gasteiger partial charge >= 0.3 is 0 Å². The second-order valence-corrected chi connectivity index (χ2v) is 4.69. The van der Waals surface area contributed by atoms with Gasteiger partial charge in [-0.15, -0.1) is 0 Å². The van der Waals surface area contributed by atoms with Crippen molar-refractivity contribution in [2.45, 2.75) is 19.1 Å². The first kappa shape index (κ1) is 14.4. The summed E-state index contributed by atoms with van der Waals surface area (Å²) in [5, 5.41) is 13.7. The van der Waals surface area contributed by atoms with Crippen molar-refractivity contribution in [3.05, 3.63) is 17.7 Å². The summed E-state index contributed by atoms with van der Waals surface area (Å²) in [6.07, 6.45) is 4.54. The minimum Gasteiger partial charge on any atom is -0.359 e. The molecule has 0 aliphatic carbocycles. The Morgan fingerprint density at radius 2 is 2.50 bits per heavy atom. The summed E-state index contributed by atoms with van der Waals surface area (Å²) in [5.41, 5.74) is 2.25. The molecule has 1 aromatic heterocycles. The zero-order valence-electron chi connectivity index (χ0n) is 10.7. The molecule has 1 rings (SSSR count). The topological polar surface area (TPSA) is 88.9 Å². The Balaban J connectivity index is 2.12. The van der Waals surface area contributed by atoms with Crippen molar-refractivity contribution >= 4 is 17.7 Å². The molecule has 0 bridgehead atoms. The SMILES string of the molecule is CN/C(=N/CCCSCc1[nH]cnc1C)NC#N. The van der Waals surface area contributed by atoms with Crippen molar-refractivity contribution < 1.29 is 0 Å². The van der Waals surface area contributed by atoms with E-state index in [0.717, 1.165) is 23.6 Å². The highest BCUT2D eigenvalue weighted by molar-refractivity contribution is 7.98.